The summed E-state index contributed by atoms with van der Waals surface area (Å²) in [7, 11) is 0. The van der Waals surface area contributed by atoms with Crippen molar-refractivity contribution in [2.75, 3.05) is 0 Å². The summed E-state index contributed by atoms with van der Waals surface area (Å²) in [6.07, 6.45) is 4.44. The average molecular weight is 240 g/mol. The van der Waals surface area contributed by atoms with Crippen LogP contribution >= 0.6 is 0 Å². The highest BCUT2D eigenvalue weighted by Crippen LogP contribution is 2.28. The molecular weight excluding hydrogens is 228 g/mol. The third-order valence-electron chi connectivity index (χ3n) is 3.79. The van der Waals surface area contributed by atoms with Crippen LogP contribution in [-0.4, -0.2) is 0 Å². The Labute approximate surface area is 103 Å². The molecule has 0 atom stereocenters. The lowest BCUT2D eigenvalue weighted by Gasteiger charge is -2.02. The summed E-state index contributed by atoms with van der Waals surface area (Å²) < 4.78 is 11.3. The van der Waals surface area contributed by atoms with Crippen LogP contribution in [0.15, 0.2) is 32.0 Å². The van der Waals surface area contributed by atoms with Crippen LogP contribution in [0.25, 0.3) is 21.9 Å². The van der Waals surface area contributed by atoms with Crippen LogP contribution in [0.2, 0.25) is 0 Å². The normalized spacial score (nSPS) is 14.5. The maximum Gasteiger partial charge on any atom is 0.196 e. The van der Waals surface area contributed by atoms with E-state index in [9.17, 15) is 4.79 Å². The lowest BCUT2D eigenvalue weighted by molar-refractivity contribution is 0.544. The first-order chi connectivity index (χ1) is 8.74. The van der Waals surface area contributed by atoms with Gasteiger partial charge in [0.2, 0.25) is 0 Å². The average Bonchev–Trinajstić information content (AvgIpc) is 2.96. The topological polar surface area (TPSA) is 43.4 Å². The molecule has 0 aliphatic heterocycles. The number of furan rings is 1. The van der Waals surface area contributed by atoms with Gasteiger partial charge < -0.3 is 8.83 Å². The van der Waals surface area contributed by atoms with Gasteiger partial charge in [-0.3, -0.25) is 4.79 Å². The maximum atomic E-state index is 12.4. The van der Waals surface area contributed by atoms with Crippen molar-refractivity contribution in [3.8, 4) is 0 Å². The molecular formula is C15H12O3. The molecule has 0 radical (unpaired) electrons. The first-order valence-corrected chi connectivity index (χ1v) is 6.20. The van der Waals surface area contributed by atoms with E-state index in [0.29, 0.717) is 11.0 Å². The predicted octanol–water partition coefficient (Wildman–Crippen LogP) is 3.34. The van der Waals surface area contributed by atoms with Crippen molar-refractivity contribution in [3.63, 3.8) is 0 Å². The van der Waals surface area contributed by atoms with Crippen molar-refractivity contribution >= 4 is 21.9 Å². The van der Waals surface area contributed by atoms with Gasteiger partial charge in [0.05, 0.1) is 11.6 Å². The van der Waals surface area contributed by atoms with Crippen LogP contribution in [-0.2, 0) is 12.8 Å². The molecule has 0 saturated carbocycles. The largest absolute Gasteiger partial charge is 0.464 e. The minimum Gasteiger partial charge on any atom is -0.464 e. The number of rotatable bonds is 0. The van der Waals surface area contributed by atoms with Crippen LogP contribution in [0, 0.1) is 6.92 Å². The highest BCUT2D eigenvalue weighted by atomic mass is 16.3. The molecule has 2 aromatic heterocycles. The molecule has 3 nitrogen and oxygen atoms in total. The molecule has 0 N–H and O–H groups in total. The summed E-state index contributed by atoms with van der Waals surface area (Å²) in [6, 6.07) is 3.73. The molecule has 90 valence electrons. The first kappa shape index (κ1) is 9.95. The van der Waals surface area contributed by atoms with E-state index in [1.54, 1.807) is 6.26 Å². The van der Waals surface area contributed by atoms with Crippen LogP contribution in [0.4, 0.5) is 0 Å². The van der Waals surface area contributed by atoms with Crippen molar-refractivity contribution in [1.29, 1.82) is 0 Å². The van der Waals surface area contributed by atoms with Crippen LogP contribution < -0.4 is 5.43 Å². The summed E-state index contributed by atoms with van der Waals surface area (Å²) in [4.78, 5) is 12.4. The molecule has 0 unspecified atom stereocenters. The van der Waals surface area contributed by atoms with Crippen LogP contribution in [0.3, 0.4) is 0 Å². The molecule has 1 aliphatic rings. The van der Waals surface area contributed by atoms with Gasteiger partial charge in [-0.2, -0.15) is 0 Å². The molecule has 0 saturated heterocycles. The molecule has 18 heavy (non-hydrogen) atoms. The second-order valence-corrected chi connectivity index (χ2v) is 4.95. The fraction of sp³-hybridized carbons (Fsp3) is 0.267. The van der Waals surface area contributed by atoms with Gasteiger partial charge in [-0.15, -0.1) is 0 Å². The zero-order valence-electron chi connectivity index (χ0n) is 10.1. The van der Waals surface area contributed by atoms with E-state index >= 15 is 0 Å². The summed E-state index contributed by atoms with van der Waals surface area (Å²) >= 11 is 0. The third-order valence-corrected chi connectivity index (χ3v) is 3.79. The van der Waals surface area contributed by atoms with Crippen LogP contribution in [0.5, 0.6) is 0 Å². The van der Waals surface area contributed by atoms with Gasteiger partial charge in [0.25, 0.3) is 0 Å². The van der Waals surface area contributed by atoms with Crippen LogP contribution in [0.1, 0.15) is 23.3 Å². The highest BCUT2D eigenvalue weighted by Gasteiger charge is 2.20. The van der Waals surface area contributed by atoms with Crippen molar-refractivity contribution in [1.82, 2.24) is 0 Å². The Bertz CT molecular complexity index is 836. The molecule has 1 aromatic carbocycles. The number of aryl methyl sites for hydroxylation is 2. The highest BCUT2D eigenvalue weighted by molar-refractivity contribution is 5.94. The fourth-order valence-corrected chi connectivity index (χ4v) is 2.81. The number of fused-ring (bicyclic) bond motifs is 3. The SMILES string of the molecule is Cc1coc2cc3oc4c(c(=O)c3cc12)CCC4. The van der Waals surface area contributed by atoms with Crippen molar-refractivity contribution in [2.24, 2.45) is 0 Å². The molecule has 3 heteroatoms. The summed E-state index contributed by atoms with van der Waals surface area (Å²) in [5.41, 5.74) is 3.46. The standard InChI is InChI=1S/C15H12O3/c1-8-7-17-13-6-14-11(5-10(8)13)15(16)9-3-2-4-12(9)18-14/h5-7H,2-4H2,1H3. The van der Waals surface area contributed by atoms with E-state index < -0.39 is 0 Å². The molecule has 0 spiro atoms. The van der Waals surface area contributed by atoms with Gasteiger partial charge in [0.1, 0.15) is 16.9 Å². The van der Waals surface area contributed by atoms with E-state index in [4.69, 9.17) is 8.83 Å². The molecule has 0 fully saturated rings. The van der Waals surface area contributed by atoms with Crippen molar-refractivity contribution < 1.29 is 8.83 Å². The zero-order chi connectivity index (χ0) is 12.3. The van der Waals surface area contributed by atoms with Crippen molar-refractivity contribution in [3.05, 3.63) is 45.5 Å². The Kier molecular flexibility index (Phi) is 1.80. The summed E-state index contributed by atoms with van der Waals surface area (Å²) in [5, 5.41) is 1.67. The predicted molar refractivity (Wildman–Crippen MR) is 69.0 cm³/mol. The van der Waals surface area contributed by atoms with E-state index in [1.165, 1.54) is 0 Å². The van der Waals surface area contributed by atoms with E-state index in [1.807, 2.05) is 19.1 Å². The number of hydrogen-bond acceptors (Lipinski definition) is 3. The summed E-state index contributed by atoms with van der Waals surface area (Å²) in [5.74, 6) is 0.857. The minimum atomic E-state index is 0.131. The van der Waals surface area contributed by atoms with Gasteiger partial charge in [0, 0.05) is 23.4 Å². The Morgan fingerprint density at radius 2 is 2.00 bits per heavy atom. The number of benzene rings is 1. The minimum absolute atomic E-state index is 0.131. The molecule has 4 rings (SSSR count). The molecule has 0 bridgehead atoms. The van der Waals surface area contributed by atoms with E-state index in [0.717, 1.165) is 47.1 Å². The lowest BCUT2D eigenvalue weighted by Crippen LogP contribution is -2.08. The monoisotopic (exact) mass is 240 g/mol. The van der Waals surface area contributed by atoms with Gasteiger partial charge >= 0.3 is 0 Å². The molecule has 0 amide bonds. The number of hydrogen-bond donors (Lipinski definition) is 0. The Morgan fingerprint density at radius 1 is 1.11 bits per heavy atom. The Balaban J connectivity index is 2.22. The molecule has 2 heterocycles. The van der Waals surface area contributed by atoms with E-state index in [2.05, 4.69) is 0 Å². The van der Waals surface area contributed by atoms with Crippen molar-refractivity contribution in [2.45, 2.75) is 26.2 Å². The van der Waals surface area contributed by atoms with Gasteiger partial charge in [-0.25, -0.2) is 0 Å². The fourth-order valence-electron chi connectivity index (χ4n) is 2.81. The van der Waals surface area contributed by atoms with Gasteiger partial charge in [-0.05, 0) is 31.4 Å². The van der Waals surface area contributed by atoms with Gasteiger partial charge in [0.15, 0.2) is 5.43 Å². The molecule has 1 aliphatic carbocycles. The third kappa shape index (κ3) is 1.16. The smallest absolute Gasteiger partial charge is 0.196 e. The molecule has 3 aromatic rings. The Hall–Kier alpha value is -2.03. The zero-order valence-corrected chi connectivity index (χ0v) is 10.1. The Morgan fingerprint density at radius 3 is 2.89 bits per heavy atom. The quantitative estimate of drug-likeness (QED) is 0.605. The lowest BCUT2D eigenvalue weighted by atomic mass is 10.1. The second kappa shape index (κ2) is 3.25. The second-order valence-electron chi connectivity index (χ2n) is 4.95. The van der Waals surface area contributed by atoms with E-state index in [-0.39, 0.29) is 5.43 Å². The van der Waals surface area contributed by atoms with Gasteiger partial charge in [-0.1, -0.05) is 0 Å². The first-order valence-electron chi connectivity index (χ1n) is 6.20. The summed E-state index contributed by atoms with van der Waals surface area (Å²) in [6.45, 7) is 1.98. The maximum absolute atomic E-state index is 12.4.